The average Bonchev–Trinajstić information content (AvgIpc) is 3.62. The fraction of sp³-hybridized carbons (Fsp3) is 0.269. The zero-order chi connectivity index (χ0) is 21.4. The normalized spacial score (nSPS) is 14.6. The number of hydrogen-bond acceptors (Lipinski definition) is 3. The molecular weight excluding hydrogens is 386 g/mol. The van der Waals surface area contributed by atoms with Crippen LogP contribution in [0, 0.1) is 0 Å². The number of nitrogens with zero attached hydrogens (tertiary/aromatic N) is 2. The Hall–Kier alpha value is -3.47. The summed E-state index contributed by atoms with van der Waals surface area (Å²) < 4.78 is 1.81. The molecule has 0 spiro atoms. The molecule has 1 aromatic heterocycles. The Morgan fingerprint density at radius 1 is 1.06 bits per heavy atom. The largest absolute Gasteiger partial charge is 0.350 e. The van der Waals surface area contributed by atoms with E-state index in [1.807, 2.05) is 47.9 Å². The molecule has 3 aromatic carbocycles. The molecule has 0 saturated heterocycles. The summed E-state index contributed by atoms with van der Waals surface area (Å²) >= 11 is 0. The first-order chi connectivity index (χ1) is 15.1. The van der Waals surface area contributed by atoms with Crippen LogP contribution >= 0.6 is 0 Å². The molecule has 4 aromatic rings. The molecule has 1 unspecified atom stereocenters. The summed E-state index contributed by atoms with van der Waals surface area (Å²) in [5, 5.41) is 6.09. The standard InChI is InChI=1S/C26H25N3O2/c1-17(19-11-10-18-6-2-3-7-20(18)16-19)27-25(30)15-14-24-28-23-9-5-4-8-22(23)26(31)29(24)21-12-13-21/h2-11,16-17,21H,12-15H2,1H3,(H,27,30). The number of amides is 1. The van der Waals surface area contributed by atoms with Crippen LogP contribution in [0.4, 0.5) is 0 Å². The minimum atomic E-state index is -0.0905. The van der Waals surface area contributed by atoms with Crippen molar-refractivity contribution in [3.63, 3.8) is 0 Å². The molecule has 1 N–H and O–H groups in total. The summed E-state index contributed by atoms with van der Waals surface area (Å²) in [7, 11) is 0. The van der Waals surface area contributed by atoms with Crippen molar-refractivity contribution < 1.29 is 4.79 Å². The van der Waals surface area contributed by atoms with Gasteiger partial charge in [-0.2, -0.15) is 0 Å². The zero-order valence-corrected chi connectivity index (χ0v) is 17.5. The van der Waals surface area contributed by atoms with Gasteiger partial charge in [-0.15, -0.1) is 0 Å². The van der Waals surface area contributed by atoms with Crippen LogP contribution in [0.1, 0.15) is 49.7 Å². The molecule has 5 rings (SSSR count). The molecule has 1 atom stereocenters. The van der Waals surface area contributed by atoms with E-state index in [4.69, 9.17) is 4.98 Å². The number of carbonyl (C=O) groups excluding carboxylic acids is 1. The maximum absolute atomic E-state index is 13.0. The highest BCUT2D eigenvalue weighted by Gasteiger charge is 2.28. The Morgan fingerprint density at radius 3 is 2.61 bits per heavy atom. The average molecular weight is 412 g/mol. The van der Waals surface area contributed by atoms with Crippen molar-refractivity contribution in [1.29, 1.82) is 0 Å². The molecule has 0 aliphatic heterocycles. The molecule has 5 nitrogen and oxygen atoms in total. The molecule has 156 valence electrons. The quantitative estimate of drug-likeness (QED) is 0.500. The Labute approximate surface area is 180 Å². The molecule has 1 aliphatic rings. The lowest BCUT2D eigenvalue weighted by molar-refractivity contribution is -0.121. The summed E-state index contributed by atoms with van der Waals surface area (Å²) in [5.41, 5.74) is 1.78. The van der Waals surface area contributed by atoms with E-state index in [1.54, 1.807) is 0 Å². The van der Waals surface area contributed by atoms with Crippen molar-refractivity contribution in [3.05, 3.63) is 88.5 Å². The van der Waals surface area contributed by atoms with Crippen LogP contribution < -0.4 is 10.9 Å². The molecule has 31 heavy (non-hydrogen) atoms. The van der Waals surface area contributed by atoms with E-state index in [2.05, 4.69) is 35.6 Å². The van der Waals surface area contributed by atoms with E-state index in [9.17, 15) is 9.59 Å². The van der Waals surface area contributed by atoms with Crippen molar-refractivity contribution in [2.45, 2.75) is 44.7 Å². The van der Waals surface area contributed by atoms with E-state index < -0.39 is 0 Å². The van der Waals surface area contributed by atoms with Crippen molar-refractivity contribution >= 4 is 27.6 Å². The van der Waals surface area contributed by atoms with Gasteiger partial charge in [0, 0.05) is 18.9 Å². The molecule has 0 radical (unpaired) electrons. The van der Waals surface area contributed by atoms with Gasteiger partial charge in [-0.05, 0) is 54.3 Å². The van der Waals surface area contributed by atoms with Crippen molar-refractivity contribution in [2.24, 2.45) is 0 Å². The number of aromatic nitrogens is 2. The highest BCUT2D eigenvalue weighted by Crippen LogP contribution is 2.35. The molecule has 1 heterocycles. The topological polar surface area (TPSA) is 64.0 Å². The van der Waals surface area contributed by atoms with Gasteiger partial charge in [0.1, 0.15) is 5.82 Å². The van der Waals surface area contributed by atoms with Crippen molar-refractivity contribution in [2.75, 3.05) is 0 Å². The fourth-order valence-electron chi connectivity index (χ4n) is 4.18. The first kappa shape index (κ1) is 19.5. The van der Waals surface area contributed by atoms with Crippen LogP contribution in [0.25, 0.3) is 21.7 Å². The van der Waals surface area contributed by atoms with E-state index in [1.165, 1.54) is 5.39 Å². The van der Waals surface area contributed by atoms with E-state index >= 15 is 0 Å². The number of aryl methyl sites for hydroxylation is 1. The maximum atomic E-state index is 13.0. The first-order valence-corrected chi connectivity index (χ1v) is 10.9. The van der Waals surface area contributed by atoms with Gasteiger partial charge in [-0.25, -0.2) is 4.98 Å². The van der Waals surface area contributed by atoms with E-state index in [0.29, 0.717) is 29.6 Å². The Balaban J connectivity index is 1.31. The summed E-state index contributed by atoms with van der Waals surface area (Å²) in [6, 6.07) is 22.0. The summed E-state index contributed by atoms with van der Waals surface area (Å²) in [4.78, 5) is 30.4. The molecule has 1 fully saturated rings. The van der Waals surface area contributed by atoms with Gasteiger partial charge < -0.3 is 5.32 Å². The zero-order valence-electron chi connectivity index (χ0n) is 17.5. The van der Waals surface area contributed by atoms with E-state index in [-0.39, 0.29) is 23.6 Å². The molecular formula is C26H25N3O2. The van der Waals surface area contributed by atoms with Crippen LogP contribution in [-0.2, 0) is 11.2 Å². The smallest absolute Gasteiger partial charge is 0.261 e. The Bertz CT molecular complexity index is 1340. The summed E-state index contributed by atoms with van der Waals surface area (Å²) in [5.74, 6) is 0.671. The highest BCUT2D eigenvalue weighted by atomic mass is 16.1. The fourth-order valence-corrected chi connectivity index (χ4v) is 4.18. The molecule has 1 saturated carbocycles. The minimum Gasteiger partial charge on any atom is -0.350 e. The lowest BCUT2D eigenvalue weighted by Crippen LogP contribution is -2.29. The molecule has 1 amide bonds. The third-order valence-corrected chi connectivity index (χ3v) is 6.02. The van der Waals surface area contributed by atoms with Gasteiger partial charge in [0.25, 0.3) is 5.56 Å². The lowest BCUT2D eigenvalue weighted by atomic mass is 10.0. The second-order valence-electron chi connectivity index (χ2n) is 8.35. The third-order valence-electron chi connectivity index (χ3n) is 6.02. The number of fused-ring (bicyclic) bond motifs is 2. The van der Waals surface area contributed by atoms with Gasteiger partial charge in [0.05, 0.1) is 16.9 Å². The summed E-state index contributed by atoms with van der Waals surface area (Å²) in [6.45, 7) is 2.00. The summed E-state index contributed by atoms with van der Waals surface area (Å²) in [6.07, 6.45) is 2.75. The maximum Gasteiger partial charge on any atom is 0.261 e. The second-order valence-corrected chi connectivity index (χ2v) is 8.35. The SMILES string of the molecule is CC(NC(=O)CCc1nc2ccccc2c(=O)n1C1CC1)c1ccc2ccccc2c1. The lowest BCUT2D eigenvalue weighted by Gasteiger charge is -2.16. The number of carbonyl (C=O) groups is 1. The third kappa shape index (κ3) is 3.96. The van der Waals surface area contributed by atoms with Crippen LogP contribution in [0.2, 0.25) is 0 Å². The predicted octanol–water partition coefficient (Wildman–Crippen LogP) is 4.69. The Morgan fingerprint density at radius 2 is 1.81 bits per heavy atom. The van der Waals surface area contributed by atoms with Crippen LogP contribution in [0.5, 0.6) is 0 Å². The second kappa shape index (κ2) is 7.99. The molecule has 5 heteroatoms. The number of rotatable bonds is 6. The predicted molar refractivity (Wildman–Crippen MR) is 123 cm³/mol. The Kier molecular flexibility index (Phi) is 5.02. The van der Waals surface area contributed by atoms with Gasteiger partial charge >= 0.3 is 0 Å². The highest BCUT2D eigenvalue weighted by molar-refractivity contribution is 5.83. The van der Waals surface area contributed by atoms with Gasteiger partial charge in [-0.3, -0.25) is 14.2 Å². The van der Waals surface area contributed by atoms with Crippen molar-refractivity contribution in [3.8, 4) is 0 Å². The van der Waals surface area contributed by atoms with Crippen LogP contribution in [0.3, 0.4) is 0 Å². The van der Waals surface area contributed by atoms with E-state index in [0.717, 1.165) is 23.8 Å². The van der Waals surface area contributed by atoms with Crippen LogP contribution in [-0.4, -0.2) is 15.5 Å². The number of para-hydroxylation sites is 1. The molecule has 1 aliphatic carbocycles. The van der Waals surface area contributed by atoms with Gasteiger partial charge in [-0.1, -0.05) is 48.5 Å². The number of benzene rings is 3. The number of nitrogens with one attached hydrogen (secondary N) is 1. The van der Waals surface area contributed by atoms with Gasteiger partial charge in [0.15, 0.2) is 0 Å². The van der Waals surface area contributed by atoms with Crippen LogP contribution in [0.15, 0.2) is 71.5 Å². The monoisotopic (exact) mass is 411 g/mol. The first-order valence-electron chi connectivity index (χ1n) is 10.9. The number of hydrogen-bond donors (Lipinski definition) is 1. The van der Waals surface area contributed by atoms with Crippen molar-refractivity contribution in [1.82, 2.24) is 14.9 Å². The van der Waals surface area contributed by atoms with Gasteiger partial charge in [0.2, 0.25) is 5.91 Å². The molecule has 0 bridgehead atoms. The minimum absolute atomic E-state index is 0.00744.